The van der Waals surface area contributed by atoms with Gasteiger partial charge in [-0.25, -0.2) is 0 Å². The van der Waals surface area contributed by atoms with Crippen LogP contribution in [0.1, 0.15) is 25.3 Å². The number of benzene rings is 2. The fraction of sp³-hybridized carbons (Fsp3) is 0.424. The molecule has 1 spiro atoms. The molecule has 3 heterocycles. The molecule has 3 aliphatic heterocycles. The van der Waals surface area contributed by atoms with Gasteiger partial charge in [0.15, 0.2) is 0 Å². The number of halogens is 1. The van der Waals surface area contributed by atoms with Crippen molar-refractivity contribution in [2.75, 3.05) is 31.6 Å². The Morgan fingerprint density at radius 1 is 1.10 bits per heavy atom. The molecular formula is C33H38ClN3O5. The highest BCUT2D eigenvalue weighted by Crippen LogP contribution is 2.64. The fourth-order valence-electron chi connectivity index (χ4n) is 7.29. The van der Waals surface area contributed by atoms with E-state index in [1.165, 1.54) is 4.90 Å². The maximum atomic E-state index is 14.8. The van der Waals surface area contributed by atoms with Gasteiger partial charge in [-0.15, -0.1) is 13.2 Å². The van der Waals surface area contributed by atoms with E-state index in [1.807, 2.05) is 37.3 Å². The molecule has 0 saturated carbocycles. The Kier molecular flexibility index (Phi) is 8.34. The lowest BCUT2D eigenvalue weighted by Crippen LogP contribution is -2.59. The number of fused-ring (bicyclic) bond motifs is 1. The number of aliphatic hydroxyl groups is 1. The topological polar surface area (TPSA) is 90.4 Å². The van der Waals surface area contributed by atoms with Gasteiger partial charge in [0.25, 0.3) is 5.91 Å². The van der Waals surface area contributed by atoms with Crippen LogP contribution >= 0.6 is 11.6 Å². The van der Waals surface area contributed by atoms with Gasteiger partial charge in [0.2, 0.25) is 11.8 Å². The summed E-state index contributed by atoms with van der Waals surface area (Å²) in [5.41, 5.74) is -0.623. The van der Waals surface area contributed by atoms with Crippen LogP contribution in [0.4, 0.5) is 5.69 Å². The highest BCUT2D eigenvalue weighted by atomic mass is 35.5. The number of aliphatic hydroxyl groups excluding tert-OH is 1. The summed E-state index contributed by atoms with van der Waals surface area (Å²) in [6, 6.07) is 14.7. The minimum absolute atomic E-state index is 0.184. The molecule has 3 aliphatic rings. The Morgan fingerprint density at radius 3 is 2.38 bits per heavy atom. The normalized spacial score (nSPS) is 28.3. The lowest BCUT2D eigenvalue weighted by molar-refractivity contribution is -0.151. The Morgan fingerprint density at radius 2 is 1.76 bits per heavy atom. The minimum atomic E-state index is -1.23. The Bertz CT molecular complexity index is 1370. The lowest BCUT2D eigenvalue weighted by Gasteiger charge is -2.39. The number of likely N-dealkylation sites (N-methyl/N-ethyl adjacent to an activating group) is 1. The van der Waals surface area contributed by atoms with E-state index in [0.29, 0.717) is 36.5 Å². The molecule has 1 N–H and O–H groups in total. The highest BCUT2D eigenvalue weighted by Gasteiger charge is 2.78. The maximum Gasteiger partial charge on any atom is 0.253 e. The summed E-state index contributed by atoms with van der Waals surface area (Å²) in [4.78, 5) is 47.9. The second kappa shape index (κ2) is 11.7. The molecule has 9 heteroatoms. The summed E-state index contributed by atoms with van der Waals surface area (Å²) in [5.74, 6) is -2.55. The number of likely N-dealkylation sites (tertiary alicyclic amines) is 1. The number of hydrogen-bond donors (Lipinski definition) is 1. The van der Waals surface area contributed by atoms with Crippen molar-refractivity contribution >= 4 is 35.0 Å². The van der Waals surface area contributed by atoms with Crippen LogP contribution in [0.25, 0.3) is 0 Å². The first-order valence-electron chi connectivity index (χ1n) is 14.3. The van der Waals surface area contributed by atoms with E-state index in [-0.39, 0.29) is 30.9 Å². The van der Waals surface area contributed by atoms with Crippen LogP contribution in [-0.4, -0.2) is 82.7 Å². The molecule has 8 nitrogen and oxygen atoms in total. The zero-order valence-electron chi connectivity index (χ0n) is 24.1. The van der Waals surface area contributed by atoms with Crippen LogP contribution in [0, 0.1) is 11.8 Å². The van der Waals surface area contributed by atoms with Gasteiger partial charge in [-0.3, -0.25) is 14.4 Å². The van der Waals surface area contributed by atoms with Gasteiger partial charge < -0.3 is 24.5 Å². The van der Waals surface area contributed by atoms with Crippen molar-refractivity contribution in [3.8, 4) is 0 Å². The van der Waals surface area contributed by atoms with Crippen molar-refractivity contribution in [1.29, 1.82) is 0 Å². The summed E-state index contributed by atoms with van der Waals surface area (Å²) < 4.78 is 6.78. The largest absolute Gasteiger partial charge is 0.394 e. The van der Waals surface area contributed by atoms with Gasteiger partial charge in [0, 0.05) is 30.8 Å². The zero-order valence-corrected chi connectivity index (χ0v) is 24.9. The molecule has 222 valence electrons. The minimum Gasteiger partial charge on any atom is -0.394 e. The second-order valence-electron chi connectivity index (χ2n) is 11.7. The van der Waals surface area contributed by atoms with Gasteiger partial charge in [0.05, 0.1) is 30.1 Å². The predicted octanol–water partition coefficient (Wildman–Crippen LogP) is 3.87. The van der Waals surface area contributed by atoms with E-state index in [4.69, 9.17) is 16.3 Å². The molecule has 3 amide bonds. The third kappa shape index (κ3) is 4.85. The van der Waals surface area contributed by atoms with Crippen LogP contribution < -0.4 is 4.90 Å². The molecule has 3 saturated heterocycles. The van der Waals surface area contributed by atoms with E-state index in [1.54, 1.807) is 53.3 Å². The smallest absolute Gasteiger partial charge is 0.253 e. The predicted molar refractivity (Wildman–Crippen MR) is 162 cm³/mol. The Labute approximate surface area is 252 Å². The highest BCUT2D eigenvalue weighted by molar-refractivity contribution is 6.30. The molecule has 2 aromatic rings. The number of nitrogens with zero attached hydrogens (tertiary/aromatic N) is 3. The number of carbonyl (C=O) groups is 3. The van der Waals surface area contributed by atoms with Gasteiger partial charge in [0.1, 0.15) is 11.6 Å². The van der Waals surface area contributed by atoms with Crippen molar-refractivity contribution in [1.82, 2.24) is 9.80 Å². The van der Waals surface area contributed by atoms with E-state index < -0.39 is 35.1 Å². The van der Waals surface area contributed by atoms with Crippen LogP contribution in [0.2, 0.25) is 5.02 Å². The Balaban J connectivity index is 1.63. The molecule has 0 aliphatic carbocycles. The number of amides is 3. The number of ether oxygens (including phenoxy) is 1. The van der Waals surface area contributed by atoms with E-state index >= 15 is 0 Å². The van der Waals surface area contributed by atoms with Crippen molar-refractivity contribution in [2.24, 2.45) is 11.8 Å². The van der Waals surface area contributed by atoms with Crippen LogP contribution in [-0.2, 0) is 25.5 Å². The standard InChI is InChI=1S/C33H38ClN3O5/c1-5-18-35(4)29(39)26-27-30(40)37(25(21-38)20-22-10-8-7-9-11-22)28(33(27)17-16-32(26,3)42-33)31(41)36(19-6-2)24-14-12-23(34)13-15-24/h5-15,25-28,38H,1-2,16-21H2,3-4H3/t25-,26+,27+,28?,32-,33?/m1/s1. The molecule has 0 radical (unpaired) electrons. The quantitative estimate of drug-likeness (QED) is 0.401. The first-order valence-corrected chi connectivity index (χ1v) is 14.7. The number of hydrogen-bond acceptors (Lipinski definition) is 5. The third-order valence-corrected chi connectivity index (χ3v) is 9.38. The first-order chi connectivity index (χ1) is 20.1. The average Bonchev–Trinajstić information content (AvgIpc) is 3.55. The maximum absolute atomic E-state index is 14.8. The van der Waals surface area contributed by atoms with E-state index in [0.717, 1.165) is 5.56 Å². The Hall–Kier alpha value is -3.46. The van der Waals surface area contributed by atoms with Gasteiger partial charge in [-0.2, -0.15) is 0 Å². The molecule has 6 atom stereocenters. The van der Waals surface area contributed by atoms with E-state index in [9.17, 15) is 19.5 Å². The van der Waals surface area contributed by atoms with Gasteiger partial charge >= 0.3 is 0 Å². The van der Waals surface area contributed by atoms with Crippen LogP contribution in [0.3, 0.4) is 0 Å². The van der Waals surface area contributed by atoms with E-state index in [2.05, 4.69) is 13.2 Å². The van der Waals surface area contributed by atoms with Crippen molar-refractivity contribution < 1.29 is 24.2 Å². The van der Waals surface area contributed by atoms with Crippen molar-refractivity contribution in [3.63, 3.8) is 0 Å². The molecule has 2 aromatic carbocycles. The van der Waals surface area contributed by atoms with Crippen LogP contribution in [0.15, 0.2) is 79.9 Å². The third-order valence-electron chi connectivity index (χ3n) is 9.13. The molecule has 5 rings (SSSR count). The van der Waals surface area contributed by atoms with Gasteiger partial charge in [-0.05, 0) is 56.0 Å². The first kappa shape index (κ1) is 30.0. The molecule has 2 bridgehead atoms. The summed E-state index contributed by atoms with van der Waals surface area (Å²) >= 11 is 6.15. The lowest BCUT2D eigenvalue weighted by atomic mass is 9.66. The molecule has 0 aromatic heterocycles. The fourth-order valence-corrected chi connectivity index (χ4v) is 7.42. The average molecular weight is 592 g/mol. The summed E-state index contributed by atoms with van der Waals surface area (Å²) in [7, 11) is 1.68. The summed E-state index contributed by atoms with van der Waals surface area (Å²) in [6.07, 6.45) is 4.57. The second-order valence-corrected chi connectivity index (χ2v) is 12.2. The zero-order chi connectivity index (χ0) is 30.2. The molecule has 42 heavy (non-hydrogen) atoms. The summed E-state index contributed by atoms with van der Waals surface area (Å²) in [5, 5.41) is 11.2. The molecule has 3 fully saturated rings. The molecular weight excluding hydrogens is 554 g/mol. The van der Waals surface area contributed by atoms with Crippen LogP contribution in [0.5, 0.6) is 0 Å². The summed E-state index contributed by atoms with van der Waals surface area (Å²) in [6.45, 7) is 9.63. The number of anilines is 1. The SMILES string of the molecule is C=CCN(C)C(=O)[C@@H]1[C@H]2C(=O)N([C@@H](CO)Cc3ccccc3)C(C(=O)N(CC=C)c3ccc(Cl)cc3)C23CC[C@@]1(C)O3. The van der Waals surface area contributed by atoms with Crippen molar-refractivity contribution in [3.05, 3.63) is 90.5 Å². The van der Waals surface area contributed by atoms with Crippen molar-refractivity contribution in [2.45, 2.75) is 49.5 Å². The number of carbonyl (C=O) groups excluding carboxylic acids is 3. The monoisotopic (exact) mass is 591 g/mol. The van der Waals surface area contributed by atoms with Gasteiger partial charge in [-0.1, -0.05) is 54.1 Å². The molecule has 2 unspecified atom stereocenters. The number of rotatable bonds is 11.